The second-order valence-corrected chi connectivity index (χ2v) is 4.40. The lowest BCUT2D eigenvalue weighted by molar-refractivity contribution is 0.0516. The average Bonchev–Trinajstić information content (AvgIpc) is 2.25. The number of carbonyl (C=O) groups is 1. The molecule has 3 nitrogen and oxygen atoms in total. The molecule has 1 aromatic rings. The van der Waals surface area contributed by atoms with E-state index < -0.39 is 10.8 Å². The van der Waals surface area contributed by atoms with Crippen LogP contribution in [0.1, 0.15) is 17.3 Å². The standard InChI is InChI=1S/C10H8Cl3NO2/c1-6(9(12)13)14-16-10(15)7-4-2-3-5-8(7)11/h2-5,9H,1H3/b14-6+. The van der Waals surface area contributed by atoms with Crippen molar-refractivity contribution < 1.29 is 9.63 Å². The van der Waals surface area contributed by atoms with Crippen LogP contribution < -0.4 is 0 Å². The molecule has 0 radical (unpaired) electrons. The van der Waals surface area contributed by atoms with Crippen LogP contribution in [-0.4, -0.2) is 16.5 Å². The van der Waals surface area contributed by atoms with E-state index in [1.54, 1.807) is 25.1 Å². The zero-order chi connectivity index (χ0) is 12.1. The molecular formula is C10H8Cl3NO2. The predicted octanol–water partition coefficient (Wildman–Crippen LogP) is 3.68. The number of halogens is 3. The molecule has 0 bridgehead atoms. The minimum Gasteiger partial charge on any atom is -0.313 e. The highest BCUT2D eigenvalue weighted by molar-refractivity contribution is 6.54. The zero-order valence-corrected chi connectivity index (χ0v) is 10.6. The largest absolute Gasteiger partial charge is 0.367 e. The number of hydrogen-bond acceptors (Lipinski definition) is 3. The molecule has 86 valence electrons. The third-order valence-corrected chi connectivity index (χ3v) is 2.64. The van der Waals surface area contributed by atoms with Crippen molar-refractivity contribution in [3.63, 3.8) is 0 Å². The molecule has 0 aliphatic rings. The molecule has 0 saturated carbocycles. The molecule has 0 aliphatic heterocycles. The molecule has 0 aromatic heterocycles. The van der Waals surface area contributed by atoms with Crippen LogP contribution in [0.5, 0.6) is 0 Å². The van der Waals surface area contributed by atoms with E-state index in [1.807, 2.05) is 0 Å². The first-order valence-electron chi connectivity index (χ1n) is 4.31. The maximum Gasteiger partial charge on any atom is 0.367 e. The van der Waals surface area contributed by atoms with Crippen molar-refractivity contribution >= 4 is 46.5 Å². The van der Waals surface area contributed by atoms with E-state index in [0.29, 0.717) is 10.7 Å². The van der Waals surface area contributed by atoms with Crippen molar-refractivity contribution in [3.8, 4) is 0 Å². The molecular weight excluding hydrogens is 272 g/mol. The first kappa shape index (κ1) is 13.3. The Kier molecular flexibility index (Phi) is 5.06. The van der Waals surface area contributed by atoms with Gasteiger partial charge in [-0.1, -0.05) is 52.1 Å². The summed E-state index contributed by atoms with van der Waals surface area (Å²) >= 11 is 16.8. The number of oxime groups is 1. The molecule has 0 N–H and O–H groups in total. The van der Waals surface area contributed by atoms with E-state index in [1.165, 1.54) is 6.07 Å². The maximum absolute atomic E-state index is 11.5. The van der Waals surface area contributed by atoms with Crippen LogP contribution in [0.15, 0.2) is 29.4 Å². The van der Waals surface area contributed by atoms with Crippen LogP contribution in [0.4, 0.5) is 0 Å². The molecule has 0 heterocycles. The summed E-state index contributed by atoms with van der Waals surface area (Å²) in [5.41, 5.74) is 0.533. The molecule has 6 heteroatoms. The van der Waals surface area contributed by atoms with Crippen LogP contribution >= 0.6 is 34.8 Å². The maximum atomic E-state index is 11.5. The Balaban J connectivity index is 2.74. The lowest BCUT2D eigenvalue weighted by atomic mass is 10.2. The van der Waals surface area contributed by atoms with Gasteiger partial charge in [0, 0.05) is 0 Å². The first-order chi connectivity index (χ1) is 7.52. The Labute approximate surface area is 108 Å². The highest BCUT2D eigenvalue weighted by atomic mass is 35.5. The fraction of sp³-hybridized carbons (Fsp3) is 0.200. The van der Waals surface area contributed by atoms with Gasteiger partial charge in [0.25, 0.3) is 0 Å². The number of hydrogen-bond donors (Lipinski definition) is 0. The Morgan fingerprint density at radius 3 is 2.56 bits per heavy atom. The van der Waals surface area contributed by atoms with Crippen molar-refractivity contribution in [1.29, 1.82) is 0 Å². The van der Waals surface area contributed by atoms with Gasteiger partial charge in [0.05, 0.1) is 16.3 Å². The molecule has 0 atom stereocenters. The normalized spacial score (nSPS) is 11.7. The van der Waals surface area contributed by atoms with Crippen molar-refractivity contribution in [3.05, 3.63) is 34.9 Å². The van der Waals surface area contributed by atoms with E-state index in [4.69, 9.17) is 34.8 Å². The van der Waals surface area contributed by atoms with Gasteiger partial charge >= 0.3 is 5.97 Å². The summed E-state index contributed by atoms with van der Waals surface area (Å²) in [6.07, 6.45) is 0. The van der Waals surface area contributed by atoms with Gasteiger partial charge in [0.15, 0.2) is 0 Å². The van der Waals surface area contributed by atoms with Gasteiger partial charge < -0.3 is 4.84 Å². The molecule has 0 amide bonds. The molecule has 0 saturated heterocycles. The molecule has 0 unspecified atom stereocenters. The molecule has 1 rings (SSSR count). The lowest BCUT2D eigenvalue weighted by Crippen LogP contribution is -2.07. The summed E-state index contributed by atoms with van der Waals surface area (Å²) in [4.78, 5) is 15.3. The topological polar surface area (TPSA) is 38.7 Å². The van der Waals surface area contributed by atoms with E-state index >= 15 is 0 Å². The Morgan fingerprint density at radius 2 is 2.00 bits per heavy atom. The summed E-state index contributed by atoms with van der Waals surface area (Å²) in [6, 6.07) is 6.50. The Bertz CT molecular complexity index is 418. The molecule has 1 aromatic carbocycles. The second-order valence-electron chi connectivity index (χ2n) is 2.89. The molecule has 0 aliphatic carbocycles. The van der Waals surface area contributed by atoms with E-state index in [2.05, 4.69) is 9.99 Å². The van der Waals surface area contributed by atoms with E-state index in [9.17, 15) is 4.79 Å². The van der Waals surface area contributed by atoms with Crippen LogP contribution in [0.2, 0.25) is 5.02 Å². The summed E-state index contributed by atoms with van der Waals surface area (Å²) in [6.45, 7) is 1.55. The van der Waals surface area contributed by atoms with Crippen LogP contribution in [0, 0.1) is 0 Å². The monoisotopic (exact) mass is 279 g/mol. The SMILES string of the molecule is C/C(=N\OC(=O)c1ccccc1Cl)C(Cl)Cl. The summed E-state index contributed by atoms with van der Waals surface area (Å²) in [7, 11) is 0. The van der Waals surface area contributed by atoms with E-state index in [0.717, 1.165) is 0 Å². The van der Waals surface area contributed by atoms with Crippen LogP contribution in [0.25, 0.3) is 0 Å². The van der Waals surface area contributed by atoms with E-state index in [-0.39, 0.29) is 5.56 Å². The second kappa shape index (κ2) is 6.09. The quantitative estimate of drug-likeness (QED) is 0.367. The number of nitrogens with zero attached hydrogens (tertiary/aromatic N) is 1. The Morgan fingerprint density at radius 1 is 1.38 bits per heavy atom. The van der Waals surface area contributed by atoms with Gasteiger partial charge in [0.2, 0.25) is 0 Å². The van der Waals surface area contributed by atoms with Crippen molar-refractivity contribution in [1.82, 2.24) is 0 Å². The van der Waals surface area contributed by atoms with Gasteiger partial charge in [-0.3, -0.25) is 0 Å². The van der Waals surface area contributed by atoms with Gasteiger partial charge in [0.1, 0.15) is 4.84 Å². The van der Waals surface area contributed by atoms with Crippen LogP contribution in [-0.2, 0) is 4.84 Å². The van der Waals surface area contributed by atoms with Gasteiger partial charge in [-0.25, -0.2) is 4.79 Å². The number of carbonyl (C=O) groups excluding carboxylic acids is 1. The number of alkyl halides is 2. The van der Waals surface area contributed by atoms with Crippen molar-refractivity contribution in [2.45, 2.75) is 11.8 Å². The molecule has 0 fully saturated rings. The highest BCUT2D eigenvalue weighted by Gasteiger charge is 2.12. The zero-order valence-electron chi connectivity index (χ0n) is 8.28. The van der Waals surface area contributed by atoms with Crippen molar-refractivity contribution in [2.24, 2.45) is 5.16 Å². The minimum absolute atomic E-state index is 0.237. The molecule has 16 heavy (non-hydrogen) atoms. The summed E-state index contributed by atoms with van der Waals surface area (Å²) in [5, 5.41) is 3.79. The third-order valence-electron chi connectivity index (χ3n) is 1.68. The Hall–Kier alpha value is -0.770. The predicted molar refractivity (Wildman–Crippen MR) is 65.5 cm³/mol. The fourth-order valence-corrected chi connectivity index (χ4v) is 1.12. The summed E-state index contributed by atoms with van der Waals surface area (Å²) in [5.74, 6) is -0.654. The number of rotatable bonds is 3. The van der Waals surface area contributed by atoms with Crippen molar-refractivity contribution in [2.75, 3.05) is 0 Å². The average molecular weight is 281 g/mol. The molecule has 0 spiro atoms. The third kappa shape index (κ3) is 3.67. The minimum atomic E-state index is -0.806. The van der Waals surface area contributed by atoms with Crippen LogP contribution in [0.3, 0.4) is 0 Å². The fourth-order valence-electron chi connectivity index (χ4n) is 0.829. The number of benzene rings is 1. The highest BCUT2D eigenvalue weighted by Crippen LogP contribution is 2.16. The first-order valence-corrected chi connectivity index (χ1v) is 5.56. The van der Waals surface area contributed by atoms with Gasteiger partial charge in [-0.05, 0) is 19.1 Å². The van der Waals surface area contributed by atoms with Gasteiger partial charge in [-0.2, -0.15) is 0 Å². The smallest absolute Gasteiger partial charge is 0.313 e. The lowest BCUT2D eigenvalue weighted by Gasteiger charge is -2.02. The van der Waals surface area contributed by atoms with Gasteiger partial charge in [-0.15, -0.1) is 0 Å². The summed E-state index contributed by atoms with van der Waals surface area (Å²) < 4.78 is 0.